The summed E-state index contributed by atoms with van der Waals surface area (Å²) in [5.41, 5.74) is 2.41. The zero-order valence-electron chi connectivity index (χ0n) is 18.8. The first-order valence-electron chi connectivity index (χ1n) is 11.2. The minimum Gasteiger partial charge on any atom is -0.379 e. The van der Waals surface area contributed by atoms with Gasteiger partial charge >= 0.3 is 0 Å². The molecule has 0 saturated carbocycles. The van der Waals surface area contributed by atoms with Crippen LogP contribution in [0.4, 0.5) is 0 Å². The van der Waals surface area contributed by atoms with Crippen molar-refractivity contribution < 1.29 is 17.9 Å². The van der Waals surface area contributed by atoms with Crippen molar-refractivity contribution >= 4 is 27.7 Å². The molecule has 1 unspecified atom stereocenters. The maximum absolute atomic E-state index is 13.3. The minimum absolute atomic E-state index is 0.0973. The maximum atomic E-state index is 13.3. The van der Waals surface area contributed by atoms with E-state index in [9.17, 15) is 13.2 Å². The standard InChI is InChI=1S/C26H28N2O4S2/c29-26(25(21-9-3-1-4-10-21)33-24-13-5-2-6-14-24)27-19-22-11-7-8-12-23(22)20-34(30,31)28-15-17-32-18-16-28/h1-14,25H,15-20H2,(H,27,29). The van der Waals surface area contributed by atoms with Gasteiger partial charge in [-0.15, -0.1) is 11.8 Å². The fourth-order valence-electron chi connectivity index (χ4n) is 3.79. The van der Waals surface area contributed by atoms with Crippen molar-refractivity contribution in [2.45, 2.75) is 22.4 Å². The quantitative estimate of drug-likeness (QED) is 0.453. The fourth-order valence-corrected chi connectivity index (χ4v) is 6.43. The fraction of sp³-hybridized carbons (Fsp3) is 0.269. The molecule has 6 nitrogen and oxygen atoms in total. The van der Waals surface area contributed by atoms with Gasteiger partial charge in [-0.3, -0.25) is 4.79 Å². The van der Waals surface area contributed by atoms with E-state index in [0.717, 1.165) is 16.0 Å². The number of thioether (sulfide) groups is 1. The summed E-state index contributed by atoms with van der Waals surface area (Å²) in [7, 11) is -3.46. The van der Waals surface area contributed by atoms with Crippen LogP contribution in [0.5, 0.6) is 0 Å². The van der Waals surface area contributed by atoms with Crippen LogP contribution < -0.4 is 5.32 Å². The second kappa shape index (κ2) is 11.7. The molecule has 1 fully saturated rings. The van der Waals surface area contributed by atoms with Gasteiger partial charge in [-0.25, -0.2) is 8.42 Å². The van der Waals surface area contributed by atoms with E-state index in [2.05, 4.69) is 5.32 Å². The molecule has 34 heavy (non-hydrogen) atoms. The second-order valence-electron chi connectivity index (χ2n) is 7.98. The molecule has 1 N–H and O–H groups in total. The van der Waals surface area contributed by atoms with Crippen LogP contribution in [0.1, 0.15) is 21.9 Å². The summed E-state index contributed by atoms with van der Waals surface area (Å²) in [5, 5.41) is 2.61. The number of hydrogen-bond donors (Lipinski definition) is 1. The van der Waals surface area contributed by atoms with Gasteiger partial charge in [-0.2, -0.15) is 4.31 Å². The number of benzene rings is 3. The monoisotopic (exact) mass is 496 g/mol. The zero-order valence-corrected chi connectivity index (χ0v) is 20.4. The van der Waals surface area contributed by atoms with Crippen LogP contribution in [-0.2, 0) is 31.9 Å². The SMILES string of the molecule is O=C(NCc1ccccc1CS(=O)(=O)N1CCOCC1)C(Sc1ccccc1)c1ccccc1. The van der Waals surface area contributed by atoms with Crippen LogP contribution >= 0.6 is 11.8 Å². The molecule has 0 radical (unpaired) electrons. The van der Waals surface area contributed by atoms with Gasteiger partial charge in [0.25, 0.3) is 0 Å². The van der Waals surface area contributed by atoms with Crippen LogP contribution in [0.2, 0.25) is 0 Å². The summed E-state index contributed by atoms with van der Waals surface area (Å²) in [4.78, 5) is 14.3. The summed E-state index contributed by atoms with van der Waals surface area (Å²) in [6.07, 6.45) is 0. The predicted molar refractivity (Wildman–Crippen MR) is 135 cm³/mol. The molecule has 1 aliphatic rings. The average molecular weight is 497 g/mol. The van der Waals surface area contributed by atoms with E-state index < -0.39 is 15.3 Å². The highest BCUT2D eigenvalue weighted by atomic mass is 32.2. The first-order valence-corrected chi connectivity index (χ1v) is 13.7. The van der Waals surface area contributed by atoms with Crippen molar-refractivity contribution in [1.82, 2.24) is 9.62 Å². The van der Waals surface area contributed by atoms with Gasteiger partial charge in [0.1, 0.15) is 5.25 Å². The number of morpholine rings is 1. The Kier molecular flexibility index (Phi) is 8.39. The molecule has 1 atom stereocenters. The van der Waals surface area contributed by atoms with Gasteiger partial charge in [-0.1, -0.05) is 72.8 Å². The van der Waals surface area contributed by atoms with Crippen LogP contribution in [0.25, 0.3) is 0 Å². The number of nitrogens with one attached hydrogen (secondary N) is 1. The molecule has 3 aromatic carbocycles. The highest BCUT2D eigenvalue weighted by Crippen LogP contribution is 2.35. The number of amides is 1. The van der Waals surface area contributed by atoms with Crippen molar-refractivity contribution in [2.75, 3.05) is 26.3 Å². The van der Waals surface area contributed by atoms with Crippen LogP contribution in [0.15, 0.2) is 89.8 Å². The van der Waals surface area contributed by atoms with Crippen molar-refractivity contribution in [3.8, 4) is 0 Å². The Morgan fingerprint density at radius 1 is 0.882 bits per heavy atom. The third kappa shape index (κ3) is 6.48. The molecular formula is C26H28N2O4S2. The summed E-state index contributed by atoms with van der Waals surface area (Å²) < 4.78 is 32.6. The highest BCUT2D eigenvalue weighted by molar-refractivity contribution is 8.00. The van der Waals surface area contributed by atoms with E-state index in [0.29, 0.717) is 31.9 Å². The maximum Gasteiger partial charge on any atom is 0.238 e. The molecule has 8 heteroatoms. The summed E-state index contributed by atoms with van der Waals surface area (Å²) in [5.74, 6) is -0.217. The van der Waals surface area contributed by atoms with E-state index in [1.54, 1.807) is 0 Å². The summed E-state index contributed by atoms with van der Waals surface area (Å²) in [6.45, 7) is 1.83. The Morgan fingerprint density at radius 2 is 1.47 bits per heavy atom. The number of nitrogens with zero attached hydrogens (tertiary/aromatic N) is 1. The third-order valence-electron chi connectivity index (χ3n) is 5.61. The third-order valence-corrected chi connectivity index (χ3v) is 8.70. The molecule has 178 valence electrons. The molecule has 1 aliphatic heterocycles. The molecule has 0 aromatic heterocycles. The van der Waals surface area contributed by atoms with Crippen molar-refractivity contribution in [2.24, 2.45) is 0 Å². The van der Waals surface area contributed by atoms with E-state index in [-0.39, 0.29) is 18.2 Å². The lowest BCUT2D eigenvalue weighted by molar-refractivity contribution is -0.120. The molecular weight excluding hydrogens is 468 g/mol. The smallest absolute Gasteiger partial charge is 0.238 e. The Labute approximate surface area is 205 Å². The van der Waals surface area contributed by atoms with Gasteiger partial charge in [0.2, 0.25) is 15.9 Å². The van der Waals surface area contributed by atoms with E-state index in [1.165, 1.54) is 16.1 Å². The number of carbonyl (C=O) groups excluding carboxylic acids is 1. The van der Waals surface area contributed by atoms with Crippen LogP contribution in [0.3, 0.4) is 0 Å². The normalized spacial score (nSPS) is 15.5. The highest BCUT2D eigenvalue weighted by Gasteiger charge is 2.26. The number of sulfonamides is 1. The Morgan fingerprint density at radius 3 is 2.15 bits per heavy atom. The number of ether oxygens (including phenoxy) is 1. The summed E-state index contributed by atoms with van der Waals surface area (Å²) >= 11 is 1.49. The zero-order chi connectivity index (χ0) is 23.8. The first kappa shape index (κ1) is 24.5. The Bertz CT molecular complexity index is 1180. The lowest BCUT2D eigenvalue weighted by Gasteiger charge is -2.26. The van der Waals surface area contributed by atoms with E-state index in [1.807, 2.05) is 84.9 Å². The molecule has 1 heterocycles. The Hall–Kier alpha value is -2.65. The van der Waals surface area contributed by atoms with Crippen LogP contribution in [-0.4, -0.2) is 44.9 Å². The average Bonchev–Trinajstić information content (AvgIpc) is 2.88. The first-order chi connectivity index (χ1) is 16.5. The molecule has 1 amide bonds. The van der Waals surface area contributed by atoms with Gasteiger partial charge in [0.05, 0.1) is 19.0 Å². The predicted octanol–water partition coefficient (Wildman–Crippen LogP) is 4.00. The minimum atomic E-state index is -3.46. The lowest BCUT2D eigenvalue weighted by atomic mass is 10.1. The van der Waals surface area contributed by atoms with Gasteiger partial charge in [-0.05, 0) is 28.8 Å². The lowest BCUT2D eigenvalue weighted by Crippen LogP contribution is -2.41. The van der Waals surface area contributed by atoms with Crippen molar-refractivity contribution in [3.63, 3.8) is 0 Å². The molecule has 3 aromatic rings. The van der Waals surface area contributed by atoms with Gasteiger partial charge in [0, 0.05) is 24.5 Å². The number of hydrogen-bond acceptors (Lipinski definition) is 5. The van der Waals surface area contributed by atoms with E-state index in [4.69, 9.17) is 4.74 Å². The topological polar surface area (TPSA) is 75.7 Å². The Balaban J connectivity index is 1.48. The molecule has 0 bridgehead atoms. The molecule has 4 rings (SSSR count). The number of rotatable bonds is 9. The van der Waals surface area contributed by atoms with Crippen molar-refractivity contribution in [3.05, 3.63) is 102 Å². The largest absolute Gasteiger partial charge is 0.379 e. The van der Waals surface area contributed by atoms with Gasteiger partial charge in [0.15, 0.2) is 0 Å². The second-order valence-corrected chi connectivity index (χ2v) is 11.1. The molecule has 0 aliphatic carbocycles. The van der Waals surface area contributed by atoms with E-state index >= 15 is 0 Å². The number of carbonyl (C=O) groups is 1. The van der Waals surface area contributed by atoms with Crippen LogP contribution in [0, 0.1) is 0 Å². The van der Waals surface area contributed by atoms with Crippen molar-refractivity contribution in [1.29, 1.82) is 0 Å². The summed E-state index contributed by atoms with van der Waals surface area (Å²) in [6, 6.07) is 26.9. The molecule has 1 saturated heterocycles. The van der Waals surface area contributed by atoms with Gasteiger partial charge < -0.3 is 10.1 Å². The molecule has 0 spiro atoms.